The third kappa shape index (κ3) is 3.44. The van der Waals surface area contributed by atoms with Crippen LogP contribution in [0.25, 0.3) is 0 Å². The first-order valence-electron chi connectivity index (χ1n) is 6.04. The number of nitrogens with zero attached hydrogens (tertiary/aromatic N) is 1. The average molecular weight is 286 g/mol. The molecule has 0 spiro atoms. The van der Waals surface area contributed by atoms with Crippen LogP contribution in [0.4, 0.5) is 5.69 Å². The maximum Gasteiger partial charge on any atom is 0.275 e. The molecule has 0 aliphatic carbocycles. The van der Waals surface area contributed by atoms with Gasteiger partial charge < -0.3 is 10.4 Å². The van der Waals surface area contributed by atoms with Gasteiger partial charge in [0.1, 0.15) is 12.3 Å². The third-order valence-electron chi connectivity index (χ3n) is 2.64. The molecule has 2 rings (SSSR count). The Morgan fingerprint density at radius 1 is 1.45 bits per heavy atom. The minimum Gasteiger partial charge on any atom is -0.384 e. The van der Waals surface area contributed by atoms with Crippen molar-refractivity contribution in [3.63, 3.8) is 0 Å². The van der Waals surface area contributed by atoms with Crippen LogP contribution in [-0.2, 0) is 0 Å². The molecule has 0 atom stereocenters. The van der Waals surface area contributed by atoms with E-state index >= 15 is 0 Å². The number of hydrogen-bond acceptors (Lipinski definition) is 4. The van der Waals surface area contributed by atoms with Gasteiger partial charge in [0, 0.05) is 16.6 Å². The number of carbonyl (C=O) groups is 1. The van der Waals surface area contributed by atoms with Crippen molar-refractivity contribution >= 4 is 22.9 Å². The molecular formula is C15H14N2O2S. The number of aryl methyl sites for hydroxylation is 2. The molecule has 0 bridgehead atoms. The molecule has 102 valence electrons. The van der Waals surface area contributed by atoms with Crippen molar-refractivity contribution in [2.45, 2.75) is 13.8 Å². The van der Waals surface area contributed by atoms with Gasteiger partial charge in [0.25, 0.3) is 5.91 Å². The Morgan fingerprint density at radius 3 is 2.85 bits per heavy atom. The van der Waals surface area contributed by atoms with Crippen LogP contribution in [0.5, 0.6) is 0 Å². The van der Waals surface area contributed by atoms with Crippen LogP contribution < -0.4 is 5.32 Å². The molecule has 20 heavy (non-hydrogen) atoms. The highest BCUT2D eigenvalue weighted by atomic mass is 32.1. The van der Waals surface area contributed by atoms with Crippen LogP contribution in [0, 0.1) is 25.7 Å². The fraction of sp³-hybridized carbons (Fsp3) is 0.200. The first kappa shape index (κ1) is 14.3. The van der Waals surface area contributed by atoms with Crippen LogP contribution in [0.1, 0.15) is 26.6 Å². The van der Waals surface area contributed by atoms with Gasteiger partial charge >= 0.3 is 0 Å². The molecule has 0 saturated heterocycles. The van der Waals surface area contributed by atoms with Crippen molar-refractivity contribution in [1.82, 2.24) is 4.98 Å². The zero-order valence-corrected chi connectivity index (χ0v) is 12.0. The lowest BCUT2D eigenvalue weighted by molar-refractivity contribution is 0.102. The number of rotatable bonds is 2. The average Bonchev–Trinajstić information content (AvgIpc) is 2.86. The van der Waals surface area contributed by atoms with Crippen molar-refractivity contribution in [2.75, 3.05) is 11.9 Å². The molecule has 0 saturated carbocycles. The molecule has 2 N–H and O–H groups in total. The van der Waals surface area contributed by atoms with E-state index in [0.717, 1.165) is 21.8 Å². The molecule has 1 aromatic carbocycles. The molecule has 0 aliphatic rings. The minimum atomic E-state index is -0.216. The van der Waals surface area contributed by atoms with E-state index in [1.807, 2.05) is 19.9 Å². The van der Waals surface area contributed by atoms with E-state index in [2.05, 4.69) is 22.1 Å². The van der Waals surface area contributed by atoms with Crippen molar-refractivity contribution in [2.24, 2.45) is 0 Å². The summed E-state index contributed by atoms with van der Waals surface area (Å²) >= 11 is 1.45. The van der Waals surface area contributed by atoms with Gasteiger partial charge in [0.05, 0.1) is 5.01 Å². The molecule has 0 unspecified atom stereocenters. The van der Waals surface area contributed by atoms with E-state index in [-0.39, 0.29) is 12.5 Å². The van der Waals surface area contributed by atoms with Crippen LogP contribution >= 0.6 is 11.3 Å². The molecule has 5 heteroatoms. The second kappa shape index (κ2) is 6.33. The summed E-state index contributed by atoms with van der Waals surface area (Å²) in [5, 5.41) is 14.1. The lowest BCUT2D eigenvalue weighted by Crippen LogP contribution is -2.13. The van der Waals surface area contributed by atoms with Gasteiger partial charge in [-0.05, 0) is 37.6 Å². The predicted molar refractivity (Wildman–Crippen MR) is 79.9 cm³/mol. The van der Waals surface area contributed by atoms with E-state index in [0.29, 0.717) is 5.69 Å². The van der Waals surface area contributed by atoms with Gasteiger partial charge in [0.2, 0.25) is 0 Å². The highest BCUT2D eigenvalue weighted by molar-refractivity contribution is 7.09. The largest absolute Gasteiger partial charge is 0.384 e. The molecule has 1 amide bonds. The molecule has 1 heterocycles. The molecular weight excluding hydrogens is 272 g/mol. The SMILES string of the molecule is Cc1nc(C(=O)Nc2ccc(C#CCO)cc2C)cs1. The number of hydrogen-bond donors (Lipinski definition) is 2. The number of aliphatic hydroxyl groups is 1. The second-order valence-electron chi connectivity index (χ2n) is 4.20. The summed E-state index contributed by atoms with van der Waals surface area (Å²) < 4.78 is 0. The first-order chi connectivity index (χ1) is 9.60. The minimum absolute atomic E-state index is 0.166. The summed E-state index contributed by atoms with van der Waals surface area (Å²) in [5.41, 5.74) is 2.88. The molecule has 0 aliphatic heterocycles. The molecule has 0 fully saturated rings. The molecule has 2 aromatic rings. The van der Waals surface area contributed by atoms with E-state index in [9.17, 15) is 4.79 Å². The van der Waals surface area contributed by atoms with Gasteiger partial charge in [-0.15, -0.1) is 11.3 Å². The lowest BCUT2D eigenvalue weighted by Gasteiger charge is -2.07. The first-order valence-corrected chi connectivity index (χ1v) is 6.92. The monoisotopic (exact) mass is 286 g/mol. The van der Waals surface area contributed by atoms with Crippen LogP contribution in [0.15, 0.2) is 23.6 Å². The Bertz CT molecular complexity index is 695. The normalized spacial score (nSPS) is 9.75. The number of anilines is 1. The Morgan fingerprint density at radius 2 is 2.25 bits per heavy atom. The van der Waals surface area contributed by atoms with E-state index in [1.165, 1.54) is 11.3 Å². The smallest absolute Gasteiger partial charge is 0.275 e. The van der Waals surface area contributed by atoms with E-state index in [1.54, 1.807) is 17.5 Å². The van der Waals surface area contributed by atoms with Crippen molar-refractivity contribution in [1.29, 1.82) is 0 Å². The Labute approximate surface area is 121 Å². The Hall–Kier alpha value is -2.16. The van der Waals surface area contributed by atoms with Crippen molar-refractivity contribution in [3.05, 3.63) is 45.4 Å². The zero-order valence-electron chi connectivity index (χ0n) is 11.2. The van der Waals surface area contributed by atoms with Crippen LogP contribution in [-0.4, -0.2) is 22.6 Å². The lowest BCUT2D eigenvalue weighted by atomic mass is 10.1. The number of nitrogens with one attached hydrogen (secondary N) is 1. The summed E-state index contributed by atoms with van der Waals surface area (Å²) in [5.74, 6) is 5.20. The maximum atomic E-state index is 12.0. The molecule has 4 nitrogen and oxygen atoms in total. The standard InChI is InChI=1S/C15H14N2O2S/c1-10-8-12(4-3-7-18)5-6-13(10)17-15(19)14-9-20-11(2)16-14/h5-6,8-9,18H,7H2,1-2H3,(H,17,19). The van der Waals surface area contributed by atoms with Gasteiger partial charge in [-0.1, -0.05) is 11.8 Å². The van der Waals surface area contributed by atoms with Crippen LogP contribution in [0.2, 0.25) is 0 Å². The zero-order chi connectivity index (χ0) is 14.5. The number of thiazole rings is 1. The van der Waals surface area contributed by atoms with Gasteiger partial charge in [-0.2, -0.15) is 0 Å². The third-order valence-corrected chi connectivity index (χ3v) is 3.41. The highest BCUT2D eigenvalue weighted by Gasteiger charge is 2.10. The van der Waals surface area contributed by atoms with E-state index < -0.39 is 0 Å². The van der Waals surface area contributed by atoms with Crippen molar-refractivity contribution in [3.8, 4) is 11.8 Å². The number of carbonyl (C=O) groups excluding carboxylic acids is 1. The summed E-state index contributed by atoms with van der Waals surface area (Å²) in [7, 11) is 0. The van der Waals surface area contributed by atoms with Crippen LogP contribution in [0.3, 0.4) is 0 Å². The summed E-state index contributed by atoms with van der Waals surface area (Å²) in [6.45, 7) is 3.59. The number of aromatic nitrogens is 1. The Kier molecular flexibility index (Phi) is 4.51. The van der Waals surface area contributed by atoms with Crippen molar-refractivity contribution < 1.29 is 9.90 Å². The topological polar surface area (TPSA) is 62.2 Å². The number of amides is 1. The van der Waals surface area contributed by atoms with Gasteiger partial charge in [-0.25, -0.2) is 4.98 Å². The maximum absolute atomic E-state index is 12.0. The Balaban J connectivity index is 2.16. The fourth-order valence-corrected chi connectivity index (χ4v) is 2.27. The summed E-state index contributed by atoms with van der Waals surface area (Å²) in [4.78, 5) is 16.2. The quantitative estimate of drug-likeness (QED) is 0.833. The van der Waals surface area contributed by atoms with Gasteiger partial charge in [0.15, 0.2) is 0 Å². The molecule has 0 radical (unpaired) electrons. The number of benzene rings is 1. The second-order valence-corrected chi connectivity index (χ2v) is 5.26. The molecule has 1 aromatic heterocycles. The summed E-state index contributed by atoms with van der Waals surface area (Å²) in [6, 6.07) is 5.47. The van der Waals surface area contributed by atoms with E-state index in [4.69, 9.17) is 5.11 Å². The predicted octanol–water partition coefficient (Wildman–Crippen LogP) is 2.36. The van der Waals surface area contributed by atoms with Gasteiger partial charge in [-0.3, -0.25) is 4.79 Å². The summed E-state index contributed by atoms with van der Waals surface area (Å²) in [6.07, 6.45) is 0. The number of aliphatic hydroxyl groups excluding tert-OH is 1. The highest BCUT2D eigenvalue weighted by Crippen LogP contribution is 2.18. The fourth-order valence-electron chi connectivity index (χ4n) is 1.68.